The van der Waals surface area contributed by atoms with Crippen LogP contribution in [-0.2, 0) is 9.59 Å². The molecule has 0 N–H and O–H groups in total. The lowest BCUT2D eigenvalue weighted by molar-refractivity contribution is -0.150. The minimum absolute atomic E-state index is 0.0993. The van der Waals surface area contributed by atoms with Crippen LogP contribution in [-0.4, -0.2) is 46.8 Å². The van der Waals surface area contributed by atoms with Crippen LogP contribution < -0.4 is 0 Å². The number of nitrogens with zero attached hydrogens (tertiary/aromatic N) is 2. The summed E-state index contributed by atoms with van der Waals surface area (Å²) in [6.07, 6.45) is 8.08. The normalized spacial score (nSPS) is 37.4. The lowest BCUT2D eigenvalue weighted by Crippen LogP contribution is -2.62. The summed E-state index contributed by atoms with van der Waals surface area (Å²) in [6, 6.07) is -0.199. The molecule has 6 aliphatic rings. The van der Waals surface area contributed by atoms with Gasteiger partial charge in [-0.25, -0.2) is 0 Å². The van der Waals surface area contributed by atoms with Gasteiger partial charge in [0.2, 0.25) is 11.8 Å². The molecule has 0 spiro atoms. The molecular weight excluding hydrogens is 228 g/mol. The van der Waals surface area contributed by atoms with Gasteiger partial charge in [0.25, 0.3) is 0 Å². The fraction of sp³-hybridized carbons (Fsp3) is 0.571. The molecule has 0 aromatic heterocycles. The molecule has 0 aromatic rings. The minimum Gasteiger partial charge on any atom is -0.335 e. The van der Waals surface area contributed by atoms with Crippen molar-refractivity contribution in [3.63, 3.8) is 0 Å². The number of amides is 2. The topological polar surface area (TPSA) is 40.6 Å². The Morgan fingerprint density at radius 3 is 1.56 bits per heavy atom. The van der Waals surface area contributed by atoms with Crippen LogP contribution in [0, 0.1) is 11.8 Å². The van der Waals surface area contributed by atoms with Crippen molar-refractivity contribution < 1.29 is 9.59 Å². The summed E-state index contributed by atoms with van der Waals surface area (Å²) < 4.78 is 0. The highest BCUT2D eigenvalue weighted by molar-refractivity contribution is 5.91. The lowest BCUT2D eigenvalue weighted by Gasteiger charge is -2.49. The number of hydrogen-bond acceptors (Lipinski definition) is 2. The van der Waals surface area contributed by atoms with Gasteiger partial charge in [-0.3, -0.25) is 9.59 Å². The van der Waals surface area contributed by atoms with E-state index in [2.05, 4.69) is 0 Å². The minimum atomic E-state index is -0.206. The van der Waals surface area contributed by atoms with E-state index < -0.39 is 0 Å². The average molecular weight is 246 g/mol. The zero-order valence-corrected chi connectivity index (χ0v) is 10.7. The zero-order valence-electron chi connectivity index (χ0n) is 10.7. The summed E-state index contributed by atoms with van der Waals surface area (Å²) in [5.74, 6) is -0.0872. The summed E-state index contributed by atoms with van der Waals surface area (Å²) in [5.41, 5.74) is 0. The van der Waals surface area contributed by atoms with Gasteiger partial charge >= 0.3 is 0 Å². The molecule has 1 fully saturated rings. The highest BCUT2D eigenvalue weighted by Gasteiger charge is 2.48. The van der Waals surface area contributed by atoms with Crippen molar-refractivity contribution in [1.82, 2.24) is 9.80 Å². The molecular formula is C14H18N2O2. The summed E-state index contributed by atoms with van der Waals surface area (Å²) in [4.78, 5) is 28.6. The van der Waals surface area contributed by atoms with Crippen molar-refractivity contribution >= 4 is 11.8 Å². The molecule has 6 rings (SSSR count). The second-order valence-electron chi connectivity index (χ2n) is 5.05. The van der Waals surface area contributed by atoms with E-state index in [1.165, 1.54) is 0 Å². The van der Waals surface area contributed by atoms with Gasteiger partial charge in [0, 0.05) is 13.1 Å². The van der Waals surface area contributed by atoms with E-state index in [0.717, 1.165) is 0 Å². The predicted molar refractivity (Wildman–Crippen MR) is 67.6 cm³/mol. The van der Waals surface area contributed by atoms with Crippen LogP contribution in [0.5, 0.6) is 0 Å². The van der Waals surface area contributed by atoms with Crippen LogP contribution in [0.2, 0.25) is 0 Å². The van der Waals surface area contributed by atoms with E-state index in [0.29, 0.717) is 13.1 Å². The number of hydrogen-bond donors (Lipinski definition) is 0. The molecule has 4 nitrogen and oxygen atoms in total. The van der Waals surface area contributed by atoms with Crippen LogP contribution in [0.25, 0.3) is 0 Å². The largest absolute Gasteiger partial charge is 0.335 e. The SMILES string of the molecule is CCN1C(=O)[C@@H]2C=C[C@@H]1[C@@H]1C=C[C@@H]2N(CC)C1=O. The highest BCUT2D eigenvalue weighted by Crippen LogP contribution is 2.36. The highest BCUT2D eigenvalue weighted by atomic mass is 16.2. The molecule has 4 heteroatoms. The molecule has 4 atom stereocenters. The first kappa shape index (κ1) is 11.5. The fourth-order valence-electron chi connectivity index (χ4n) is 3.40. The van der Waals surface area contributed by atoms with E-state index >= 15 is 0 Å². The van der Waals surface area contributed by atoms with Gasteiger partial charge in [-0.15, -0.1) is 0 Å². The van der Waals surface area contributed by atoms with Crippen LogP contribution in [0.1, 0.15) is 13.8 Å². The van der Waals surface area contributed by atoms with E-state index in [1.807, 2.05) is 48.0 Å². The zero-order chi connectivity index (χ0) is 12.9. The third-order valence-corrected chi connectivity index (χ3v) is 4.30. The maximum absolute atomic E-state index is 12.5. The first-order valence-electron chi connectivity index (χ1n) is 6.66. The number of likely N-dealkylation sites (N-methyl/N-ethyl adjacent to an activating group) is 2. The van der Waals surface area contributed by atoms with Crippen molar-refractivity contribution in [2.75, 3.05) is 13.1 Å². The van der Waals surface area contributed by atoms with E-state index in [9.17, 15) is 9.59 Å². The smallest absolute Gasteiger partial charge is 0.232 e. The fourth-order valence-corrected chi connectivity index (χ4v) is 3.40. The average Bonchev–Trinajstić information content (AvgIpc) is 2.35. The van der Waals surface area contributed by atoms with Gasteiger partial charge in [-0.05, 0) is 13.8 Å². The Balaban J connectivity index is 2.12. The number of carbonyl (C=O) groups excluding carboxylic acids is 2. The van der Waals surface area contributed by atoms with Crippen LogP contribution >= 0.6 is 0 Å². The first-order valence-corrected chi connectivity index (χ1v) is 6.66. The molecule has 5 aliphatic heterocycles. The van der Waals surface area contributed by atoms with Crippen LogP contribution in [0.15, 0.2) is 24.3 Å². The van der Waals surface area contributed by atoms with Crippen LogP contribution in [0.3, 0.4) is 0 Å². The molecule has 0 radical (unpaired) electrons. The Hall–Kier alpha value is -1.58. The van der Waals surface area contributed by atoms with E-state index in [1.54, 1.807) is 0 Å². The predicted octanol–water partition coefficient (Wildman–Crippen LogP) is 0.806. The third-order valence-electron chi connectivity index (χ3n) is 4.30. The second-order valence-corrected chi connectivity index (χ2v) is 5.05. The standard InChI is InChI=1S/C14H18N2O2/c1-3-15-11-7-5-10(13(15)17)12-8-6-9(11)14(18)16(12)4-2/h5-12H,3-4H2,1-2H3/t9-,10+,11+,12-. The molecule has 1 aliphatic carbocycles. The maximum Gasteiger partial charge on any atom is 0.232 e. The second kappa shape index (κ2) is 3.97. The molecule has 0 aromatic carbocycles. The van der Waals surface area contributed by atoms with Crippen molar-refractivity contribution in [2.45, 2.75) is 25.9 Å². The molecule has 18 heavy (non-hydrogen) atoms. The molecule has 5 heterocycles. The van der Waals surface area contributed by atoms with Crippen molar-refractivity contribution in [3.8, 4) is 0 Å². The number of carbonyl (C=O) groups is 2. The van der Waals surface area contributed by atoms with Crippen molar-refractivity contribution in [1.29, 1.82) is 0 Å². The van der Waals surface area contributed by atoms with E-state index in [-0.39, 0.29) is 35.7 Å². The quantitative estimate of drug-likeness (QED) is 0.676. The Bertz CT molecular complexity index is 413. The third kappa shape index (κ3) is 1.32. The van der Waals surface area contributed by atoms with Gasteiger partial charge in [0.05, 0.1) is 23.9 Å². The van der Waals surface area contributed by atoms with Gasteiger partial charge in [-0.2, -0.15) is 0 Å². The number of rotatable bonds is 2. The molecule has 1 saturated heterocycles. The molecule has 4 bridgehead atoms. The monoisotopic (exact) mass is 246 g/mol. The van der Waals surface area contributed by atoms with E-state index in [4.69, 9.17) is 0 Å². The summed E-state index contributed by atoms with van der Waals surface area (Å²) in [6.45, 7) is 5.28. The Kier molecular flexibility index (Phi) is 2.54. The Morgan fingerprint density at radius 1 is 0.833 bits per heavy atom. The summed E-state index contributed by atoms with van der Waals surface area (Å²) >= 11 is 0. The van der Waals surface area contributed by atoms with Crippen molar-refractivity contribution in [2.24, 2.45) is 11.8 Å². The molecule has 96 valence electrons. The first-order chi connectivity index (χ1) is 8.69. The Labute approximate surface area is 107 Å². The molecule has 0 unspecified atom stereocenters. The van der Waals surface area contributed by atoms with Gasteiger partial charge in [0.1, 0.15) is 0 Å². The van der Waals surface area contributed by atoms with Crippen molar-refractivity contribution in [3.05, 3.63) is 24.3 Å². The molecule has 0 saturated carbocycles. The van der Waals surface area contributed by atoms with Gasteiger partial charge in [-0.1, -0.05) is 24.3 Å². The van der Waals surface area contributed by atoms with Crippen LogP contribution in [0.4, 0.5) is 0 Å². The summed E-state index contributed by atoms with van der Waals surface area (Å²) in [5, 5.41) is 0. The van der Waals surface area contributed by atoms with Gasteiger partial charge in [0.15, 0.2) is 0 Å². The summed E-state index contributed by atoms with van der Waals surface area (Å²) in [7, 11) is 0. The lowest BCUT2D eigenvalue weighted by atomic mass is 9.78. The molecule has 2 amide bonds. The van der Waals surface area contributed by atoms with Gasteiger partial charge < -0.3 is 9.80 Å². The Morgan fingerprint density at radius 2 is 1.22 bits per heavy atom. The maximum atomic E-state index is 12.5.